The van der Waals surface area contributed by atoms with Crippen LogP contribution in [0, 0.1) is 5.92 Å². The third-order valence-corrected chi connectivity index (χ3v) is 8.43. The van der Waals surface area contributed by atoms with Gasteiger partial charge in [0.25, 0.3) is 0 Å². The van der Waals surface area contributed by atoms with Crippen LogP contribution in [0.4, 0.5) is 4.79 Å². The van der Waals surface area contributed by atoms with Gasteiger partial charge in [-0.25, -0.2) is 0 Å². The van der Waals surface area contributed by atoms with Crippen molar-refractivity contribution in [3.63, 3.8) is 0 Å². The van der Waals surface area contributed by atoms with E-state index < -0.39 is 30.0 Å². The molecule has 0 bridgehead atoms. The molecular weight excluding hydrogens is 481 g/mol. The molecule has 4 amide bonds. The third kappa shape index (κ3) is 6.57. The van der Waals surface area contributed by atoms with Crippen LogP contribution >= 0.6 is 0 Å². The fraction of sp³-hybridized carbons (Fsp3) is 0.643. The van der Waals surface area contributed by atoms with Crippen molar-refractivity contribution in [3.05, 3.63) is 35.4 Å². The fourth-order valence-corrected chi connectivity index (χ4v) is 6.24. The largest absolute Gasteiger partial charge is 0.361 e. The van der Waals surface area contributed by atoms with E-state index in [2.05, 4.69) is 27.3 Å². The summed E-state index contributed by atoms with van der Waals surface area (Å²) in [6.07, 6.45) is 7.86. The van der Waals surface area contributed by atoms with Gasteiger partial charge in [0.05, 0.1) is 12.1 Å². The van der Waals surface area contributed by atoms with Crippen LogP contribution in [0.2, 0.25) is 0 Å². The summed E-state index contributed by atoms with van der Waals surface area (Å²) in [6.45, 7) is 1.92. The quantitative estimate of drug-likeness (QED) is 0.389. The minimum atomic E-state index is -0.766. The minimum absolute atomic E-state index is 0.00124. The number of nitrogens with one attached hydrogen (secondary N) is 4. The lowest BCUT2D eigenvalue weighted by molar-refractivity contribution is -0.143. The van der Waals surface area contributed by atoms with Gasteiger partial charge in [0.2, 0.25) is 25.6 Å². The molecule has 4 rings (SSSR count). The summed E-state index contributed by atoms with van der Waals surface area (Å²) in [5, 5.41) is 11.8. The number of rotatable bonds is 8. The van der Waals surface area contributed by atoms with Crippen LogP contribution in [0.15, 0.2) is 24.3 Å². The van der Waals surface area contributed by atoms with Crippen molar-refractivity contribution in [2.75, 3.05) is 13.6 Å². The molecule has 9 nitrogen and oxygen atoms in total. The number of fused-ring (bicyclic) bond motifs is 1. The molecule has 2 fully saturated rings. The molecule has 3 aliphatic rings. The monoisotopic (exact) mass is 521 g/mol. The maximum absolute atomic E-state index is 14.1. The normalized spacial score (nSPS) is 25.1. The van der Waals surface area contributed by atoms with E-state index in [1.807, 2.05) is 18.2 Å². The highest BCUT2D eigenvalue weighted by Crippen LogP contribution is 2.32. The van der Waals surface area contributed by atoms with Gasteiger partial charge in [-0.05, 0) is 69.5 Å². The number of nitrogens with zero attached hydrogens (tertiary/aromatic N) is 1. The van der Waals surface area contributed by atoms with E-state index in [9.17, 15) is 19.2 Å². The van der Waals surface area contributed by atoms with Crippen molar-refractivity contribution < 1.29 is 19.2 Å². The predicted octanol–water partition coefficient (Wildman–Crippen LogP) is 1.70. The lowest BCUT2D eigenvalue weighted by Gasteiger charge is -2.35. The zero-order valence-corrected chi connectivity index (χ0v) is 22.5. The van der Waals surface area contributed by atoms with Crippen LogP contribution in [-0.4, -0.2) is 74.0 Å². The molecule has 38 heavy (non-hydrogen) atoms. The first-order valence-corrected chi connectivity index (χ1v) is 14.0. The number of aryl methyl sites for hydroxylation is 1. The van der Waals surface area contributed by atoms with E-state index in [-0.39, 0.29) is 42.6 Å². The Morgan fingerprint density at radius 1 is 1.00 bits per heavy atom. The highest BCUT2D eigenvalue weighted by Gasteiger charge is 2.44. The average molecular weight is 521 g/mol. The van der Waals surface area contributed by atoms with Crippen LogP contribution in [0.25, 0.3) is 0 Å². The first-order valence-electron chi connectivity index (χ1n) is 14.0. The second-order valence-corrected chi connectivity index (χ2v) is 11.0. The molecule has 0 aromatic heterocycles. The van der Waals surface area contributed by atoms with Crippen LogP contribution in [0.5, 0.6) is 0 Å². The summed E-state index contributed by atoms with van der Waals surface area (Å²) < 4.78 is 0. The van der Waals surface area contributed by atoms with Crippen LogP contribution in [0.1, 0.15) is 75.5 Å². The van der Waals surface area contributed by atoms with Crippen LogP contribution < -0.4 is 21.3 Å². The summed E-state index contributed by atoms with van der Waals surface area (Å²) >= 11 is 0. The van der Waals surface area contributed by atoms with Gasteiger partial charge >= 0.3 is 0 Å². The number of benzene rings is 1. The molecule has 1 aliphatic heterocycles. The number of likely N-dealkylation sites (tertiary alicyclic amines) is 1. The first kappa shape index (κ1) is 28.1. The molecule has 4 N–H and O–H groups in total. The first-order chi connectivity index (χ1) is 18.3. The second-order valence-electron chi connectivity index (χ2n) is 11.0. The SMILES string of the molecule is [B]C(=O)N[C@H]1C[C@@H](C(=O)N[C@@H]2CCCc3ccccc32)N(C(=O)[C@@H](NC(=O)[C@H](C)NC)C2CCCCC2)C1. The number of hydrogen-bond acceptors (Lipinski definition) is 5. The van der Waals surface area contributed by atoms with Crippen LogP contribution in [-0.2, 0) is 20.8 Å². The van der Waals surface area contributed by atoms with E-state index >= 15 is 0 Å². The number of carbonyl (C=O) groups excluding carboxylic acids is 4. The van der Waals surface area contributed by atoms with Crippen molar-refractivity contribution in [1.82, 2.24) is 26.2 Å². The Labute approximate surface area is 226 Å². The predicted molar refractivity (Wildman–Crippen MR) is 145 cm³/mol. The lowest BCUT2D eigenvalue weighted by Crippen LogP contribution is -2.58. The van der Waals surface area contributed by atoms with E-state index in [1.165, 1.54) is 5.56 Å². The molecular formula is C28H40BN5O4. The third-order valence-electron chi connectivity index (χ3n) is 8.43. The van der Waals surface area contributed by atoms with Gasteiger partial charge in [-0.1, -0.05) is 43.5 Å². The highest BCUT2D eigenvalue weighted by atomic mass is 16.2. The Balaban J connectivity index is 1.56. The van der Waals surface area contributed by atoms with E-state index in [1.54, 1.807) is 18.9 Å². The van der Waals surface area contributed by atoms with Gasteiger partial charge < -0.3 is 26.2 Å². The number of carbonyl (C=O) groups is 4. The smallest absolute Gasteiger partial charge is 0.246 e. The zero-order valence-electron chi connectivity index (χ0n) is 22.5. The molecule has 1 heterocycles. The van der Waals surface area contributed by atoms with Crippen molar-refractivity contribution in [3.8, 4) is 0 Å². The Morgan fingerprint density at radius 2 is 1.74 bits per heavy atom. The molecule has 1 aromatic rings. The second kappa shape index (κ2) is 12.8. The number of hydrogen-bond donors (Lipinski definition) is 4. The van der Waals surface area contributed by atoms with Gasteiger partial charge in [-0.2, -0.15) is 0 Å². The molecule has 1 saturated heterocycles. The van der Waals surface area contributed by atoms with E-state index in [4.69, 9.17) is 7.85 Å². The van der Waals surface area contributed by atoms with Crippen LogP contribution in [0.3, 0.4) is 0 Å². The van der Waals surface area contributed by atoms with Gasteiger partial charge in [0.1, 0.15) is 12.1 Å². The average Bonchev–Trinajstić information content (AvgIpc) is 3.34. The summed E-state index contributed by atoms with van der Waals surface area (Å²) in [4.78, 5) is 53.8. The molecule has 0 unspecified atom stereocenters. The van der Waals surface area contributed by atoms with E-state index in [0.29, 0.717) is 0 Å². The number of amides is 4. The van der Waals surface area contributed by atoms with Crippen molar-refractivity contribution in [2.24, 2.45) is 5.92 Å². The van der Waals surface area contributed by atoms with Crippen molar-refractivity contribution in [2.45, 2.75) is 94.9 Å². The zero-order chi connectivity index (χ0) is 27.2. The Morgan fingerprint density at radius 3 is 2.45 bits per heavy atom. The van der Waals surface area contributed by atoms with Crippen molar-refractivity contribution in [1.29, 1.82) is 0 Å². The maximum atomic E-state index is 14.1. The Kier molecular flexibility index (Phi) is 9.47. The minimum Gasteiger partial charge on any atom is -0.361 e. The van der Waals surface area contributed by atoms with Crippen molar-refractivity contribution >= 4 is 31.4 Å². The Hall–Kier alpha value is -2.88. The van der Waals surface area contributed by atoms with E-state index in [0.717, 1.165) is 56.9 Å². The lowest BCUT2D eigenvalue weighted by atomic mass is 9.83. The standard InChI is InChI=1S/C28H40BN5O4/c1-17(30-2)25(35)33-24(19-10-4-3-5-11-19)27(37)34-16-20(31-28(29)38)15-23(34)26(36)32-22-14-8-12-18-9-6-7-13-21(18)22/h6-7,9,13,17,19-20,22-24,30H,3-5,8,10-12,14-16H2,1-2H3,(H,31,38)(H,32,36)(H,33,35)/t17-,20-,22+,23-,24-/m0/s1. The highest BCUT2D eigenvalue weighted by molar-refractivity contribution is 6.57. The molecule has 10 heteroatoms. The number of likely N-dealkylation sites (N-methyl/N-ethyl adjacent to an activating group) is 1. The molecule has 0 spiro atoms. The summed E-state index contributed by atoms with van der Waals surface area (Å²) in [6, 6.07) is 5.61. The topological polar surface area (TPSA) is 120 Å². The molecule has 5 atom stereocenters. The summed E-state index contributed by atoms with van der Waals surface area (Å²) in [7, 11) is 7.09. The fourth-order valence-electron chi connectivity index (χ4n) is 6.24. The maximum Gasteiger partial charge on any atom is 0.246 e. The molecule has 2 radical (unpaired) electrons. The van der Waals surface area contributed by atoms with Gasteiger partial charge in [-0.15, -0.1) is 0 Å². The van der Waals surface area contributed by atoms with Gasteiger partial charge in [-0.3, -0.25) is 19.2 Å². The molecule has 2 aliphatic carbocycles. The summed E-state index contributed by atoms with van der Waals surface area (Å²) in [5.74, 6) is -1.45. The summed E-state index contributed by atoms with van der Waals surface area (Å²) in [5.41, 5.74) is 2.35. The molecule has 1 saturated carbocycles. The molecule has 1 aromatic carbocycles. The Bertz CT molecular complexity index is 1030. The molecule has 204 valence electrons. The van der Waals surface area contributed by atoms with Gasteiger partial charge in [0.15, 0.2) is 5.81 Å². The van der Waals surface area contributed by atoms with Gasteiger partial charge in [0, 0.05) is 12.6 Å².